The van der Waals surface area contributed by atoms with Crippen molar-refractivity contribution in [1.29, 1.82) is 0 Å². The number of hydrogen-bond donors (Lipinski definition) is 0. The van der Waals surface area contributed by atoms with Gasteiger partial charge < -0.3 is 9.47 Å². The van der Waals surface area contributed by atoms with Crippen LogP contribution in [0.2, 0.25) is 0 Å². The molecule has 10 nitrogen and oxygen atoms in total. The molecule has 2 heterocycles. The molecular weight excluding hydrogens is 661 g/mol. The van der Waals surface area contributed by atoms with E-state index in [9.17, 15) is 16.8 Å². The van der Waals surface area contributed by atoms with Gasteiger partial charge in [0.2, 0.25) is 20.0 Å². The SMILES string of the molecule is COc1ccc(CN2CCN(S(=O)(=O)c3ccc4c(c3)Cc3cc(S(=O)(=O)N5CCN(Cc6ccc(OC)cc6)CC5)ccc3-4)CC2)cc1. The fraction of sp³-hybridized carbons (Fsp3) is 0.351. The van der Waals surface area contributed by atoms with E-state index in [0.717, 1.165) is 58.0 Å². The van der Waals surface area contributed by atoms with Crippen LogP contribution in [0.4, 0.5) is 0 Å². The molecule has 258 valence electrons. The summed E-state index contributed by atoms with van der Waals surface area (Å²) < 4.78 is 68.5. The van der Waals surface area contributed by atoms with Crippen molar-refractivity contribution >= 4 is 20.0 Å². The van der Waals surface area contributed by atoms with E-state index < -0.39 is 20.0 Å². The molecule has 1 aliphatic carbocycles. The first-order valence-electron chi connectivity index (χ1n) is 16.6. The summed E-state index contributed by atoms with van der Waals surface area (Å²) in [6.07, 6.45) is 0.489. The van der Waals surface area contributed by atoms with Crippen molar-refractivity contribution in [1.82, 2.24) is 18.4 Å². The van der Waals surface area contributed by atoms with Crippen LogP contribution in [0.5, 0.6) is 11.5 Å². The first-order valence-corrected chi connectivity index (χ1v) is 19.5. The van der Waals surface area contributed by atoms with Crippen LogP contribution in [0.3, 0.4) is 0 Å². The molecule has 7 rings (SSSR count). The molecule has 0 amide bonds. The number of hydrogen-bond acceptors (Lipinski definition) is 8. The molecule has 0 radical (unpaired) electrons. The van der Waals surface area contributed by atoms with E-state index in [-0.39, 0.29) is 9.79 Å². The predicted molar refractivity (Wildman–Crippen MR) is 189 cm³/mol. The molecule has 0 saturated carbocycles. The third kappa shape index (κ3) is 6.99. The van der Waals surface area contributed by atoms with E-state index in [4.69, 9.17) is 9.47 Å². The lowest BCUT2D eigenvalue weighted by molar-refractivity contribution is 0.181. The van der Waals surface area contributed by atoms with Crippen molar-refractivity contribution in [3.05, 3.63) is 107 Å². The van der Waals surface area contributed by atoms with Gasteiger partial charge in [-0.3, -0.25) is 9.80 Å². The number of rotatable bonds is 10. The molecule has 12 heteroatoms. The molecule has 4 aromatic rings. The van der Waals surface area contributed by atoms with E-state index in [2.05, 4.69) is 9.80 Å². The van der Waals surface area contributed by atoms with Gasteiger partial charge in [-0.25, -0.2) is 16.8 Å². The first-order chi connectivity index (χ1) is 23.6. The minimum absolute atomic E-state index is 0.281. The fourth-order valence-corrected chi connectivity index (χ4v) is 9.96. The van der Waals surface area contributed by atoms with Gasteiger partial charge in [-0.2, -0.15) is 8.61 Å². The molecule has 0 atom stereocenters. The van der Waals surface area contributed by atoms with Crippen LogP contribution in [0.1, 0.15) is 22.3 Å². The van der Waals surface area contributed by atoms with Crippen molar-refractivity contribution in [3.8, 4) is 22.6 Å². The quantitative estimate of drug-likeness (QED) is 0.213. The van der Waals surface area contributed by atoms with Gasteiger partial charge in [0.05, 0.1) is 24.0 Å². The van der Waals surface area contributed by atoms with Gasteiger partial charge in [-0.1, -0.05) is 36.4 Å². The second-order valence-electron chi connectivity index (χ2n) is 12.9. The normalized spacial score (nSPS) is 17.8. The summed E-state index contributed by atoms with van der Waals surface area (Å²) in [6.45, 7) is 5.81. The Hall–Kier alpha value is -3.78. The highest BCUT2D eigenvalue weighted by atomic mass is 32.2. The number of methoxy groups -OCH3 is 2. The van der Waals surface area contributed by atoms with Crippen LogP contribution in [0.25, 0.3) is 11.1 Å². The number of sulfonamides is 2. The number of benzene rings is 4. The summed E-state index contributed by atoms with van der Waals surface area (Å²) >= 11 is 0. The zero-order valence-corrected chi connectivity index (χ0v) is 29.5. The largest absolute Gasteiger partial charge is 0.497 e. The molecule has 0 N–H and O–H groups in total. The molecule has 2 fully saturated rings. The van der Waals surface area contributed by atoms with Crippen molar-refractivity contribution in [2.75, 3.05) is 66.6 Å². The number of ether oxygens (including phenoxy) is 2. The molecule has 2 aliphatic heterocycles. The summed E-state index contributed by atoms with van der Waals surface area (Å²) in [5, 5.41) is 0. The monoisotopic (exact) mass is 702 g/mol. The Morgan fingerprint density at radius 3 is 1.22 bits per heavy atom. The van der Waals surface area contributed by atoms with Crippen LogP contribution >= 0.6 is 0 Å². The molecule has 3 aliphatic rings. The topological polar surface area (TPSA) is 99.7 Å². The average molecular weight is 703 g/mol. The average Bonchev–Trinajstić information content (AvgIpc) is 3.50. The Morgan fingerprint density at radius 1 is 0.510 bits per heavy atom. The molecule has 0 unspecified atom stereocenters. The van der Waals surface area contributed by atoms with Crippen LogP contribution in [-0.4, -0.2) is 102 Å². The molecule has 0 spiro atoms. The lowest BCUT2D eigenvalue weighted by atomic mass is 10.1. The lowest BCUT2D eigenvalue weighted by Crippen LogP contribution is -2.48. The lowest BCUT2D eigenvalue weighted by Gasteiger charge is -2.34. The molecule has 0 aromatic heterocycles. The Kier molecular flexibility index (Phi) is 9.53. The molecule has 49 heavy (non-hydrogen) atoms. The molecular formula is C37H42N4O6S2. The highest BCUT2D eigenvalue weighted by Gasteiger charge is 2.32. The standard InChI is InChI=1S/C37H42N4O6S2/c1-46-32-7-3-28(4-8-32)26-38-15-19-40(20-16-38)48(42,43)34-11-13-36-30(24-34)23-31-25-35(12-14-37(31)36)49(44,45)41-21-17-39(18-22-41)27-29-5-9-33(47-2)10-6-29/h3-14,24-25H,15-23,26-27H2,1-2H3. The smallest absolute Gasteiger partial charge is 0.243 e. The van der Waals surface area contributed by atoms with E-state index in [1.54, 1.807) is 47.1 Å². The van der Waals surface area contributed by atoms with Gasteiger partial charge in [0, 0.05) is 65.4 Å². The van der Waals surface area contributed by atoms with Gasteiger partial charge in [0.25, 0.3) is 0 Å². The minimum atomic E-state index is -3.67. The van der Waals surface area contributed by atoms with E-state index in [1.807, 2.05) is 60.7 Å². The Labute approximate surface area is 289 Å². The second-order valence-corrected chi connectivity index (χ2v) is 16.7. The molecule has 0 bridgehead atoms. The van der Waals surface area contributed by atoms with Gasteiger partial charge in [0.1, 0.15) is 11.5 Å². The summed E-state index contributed by atoms with van der Waals surface area (Å²) in [5.41, 5.74) is 6.03. The number of fused-ring (bicyclic) bond motifs is 3. The summed E-state index contributed by atoms with van der Waals surface area (Å²) in [6, 6.07) is 26.5. The van der Waals surface area contributed by atoms with Crippen molar-refractivity contribution < 1.29 is 26.3 Å². The Bertz CT molecular complexity index is 1870. The molecule has 4 aromatic carbocycles. The summed E-state index contributed by atoms with van der Waals surface area (Å²) in [5.74, 6) is 1.63. The maximum absolute atomic E-state index is 13.7. The minimum Gasteiger partial charge on any atom is -0.497 e. The third-order valence-corrected chi connectivity index (χ3v) is 13.7. The van der Waals surface area contributed by atoms with Crippen LogP contribution in [-0.2, 0) is 39.6 Å². The summed E-state index contributed by atoms with van der Waals surface area (Å²) in [4.78, 5) is 5.09. The van der Waals surface area contributed by atoms with Gasteiger partial charge in [0.15, 0.2) is 0 Å². The van der Waals surface area contributed by atoms with Crippen molar-refractivity contribution in [2.24, 2.45) is 0 Å². The predicted octanol–water partition coefficient (Wildman–Crippen LogP) is 4.29. The van der Waals surface area contributed by atoms with Crippen molar-refractivity contribution in [2.45, 2.75) is 29.3 Å². The van der Waals surface area contributed by atoms with Crippen LogP contribution < -0.4 is 9.47 Å². The fourth-order valence-electron chi connectivity index (χ4n) is 7.02. The van der Waals surface area contributed by atoms with E-state index in [1.165, 1.54) is 0 Å². The highest BCUT2D eigenvalue weighted by molar-refractivity contribution is 7.89. The number of piperazine rings is 2. The number of nitrogens with zero attached hydrogens (tertiary/aromatic N) is 4. The van der Waals surface area contributed by atoms with Gasteiger partial charge >= 0.3 is 0 Å². The zero-order valence-electron chi connectivity index (χ0n) is 27.9. The van der Waals surface area contributed by atoms with Gasteiger partial charge in [-0.05, 0) is 88.3 Å². The van der Waals surface area contributed by atoms with E-state index >= 15 is 0 Å². The highest BCUT2D eigenvalue weighted by Crippen LogP contribution is 2.39. The van der Waals surface area contributed by atoms with Crippen LogP contribution in [0.15, 0.2) is 94.7 Å². The van der Waals surface area contributed by atoms with Gasteiger partial charge in [-0.15, -0.1) is 0 Å². The molecule has 2 saturated heterocycles. The second kappa shape index (κ2) is 13.9. The maximum Gasteiger partial charge on any atom is 0.243 e. The maximum atomic E-state index is 13.7. The van der Waals surface area contributed by atoms with Crippen LogP contribution in [0, 0.1) is 0 Å². The zero-order chi connectivity index (χ0) is 34.2. The Morgan fingerprint density at radius 2 is 0.878 bits per heavy atom. The first kappa shape index (κ1) is 33.7. The summed E-state index contributed by atoms with van der Waals surface area (Å²) in [7, 11) is -4.05. The third-order valence-electron chi connectivity index (χ3n) is 9.89. The Balaban J connectivity index is 0.974. The van der Waals surface area contributed by atoms with Crippen molar-refractivity contribution in [3.63, 3.8) is 0 Å². The van der Waals surface area contributed by atoms with E-state index in [0.29, 0.717) is 58.8 Å².